The minimum atomic E-state index is 0.229. The summed E-state index contributed by atoms with van der Waals surface area (Å²) >= 11 is 1.93. The van der Waals surface area contributed by atoms with Crippen LogP contribution in [0.1, 0.15) is 49.9 Å². The van der Waals surface area contributed by atoms with Crippen LogP contribution >= 0.6 is 11.8 Å². The minimum Gasteiger partial charge on any atom is -0.327 e. The lowest BCUT2D eigenvalue weighted by Crippen LogP contribution is -2.17. The molecule has 102 valence electrons. The van der Waals surface area contributed by atoms with Gasteiger partial charge in [0.2, 0.25) is 0 Å². The molecule has 0 fully saturated rings. The highest BCUT2D eigenvalue weighted by atomic mass is 32.2. The van der Waals surface area contributed by atoms with Gasteiger partial charge in [-0.2, -0.15) is 11.8 Å². The van der Waals surface area contributed by atoms with Crippen molar-refractivity contribution in [2.75, 3.05) is 5.75 Å². The van der Waals surface area contributed by atoms with Gasteiger partial charge in [0, 0.05) is 17.5 Å². The normalized spacial score (nSPS) is 13.7. The molecule has 0 saturated carbocycles. The number of rotatable bonds is 4. The van der Waals surface area contributed by atoms with Gasteiger partial charge in [-0.25, -0.2) is 0 Å². The van der Waals surface area contributed by atoms with Crippen molar-refractivity contribution in [1.29, 1.82) is 0 Å². The van der Waals surface area contributed by atoms with Crippen molar-refractivity contribution in [1.82, 2.24) is 0 Å². The Morgan fingerprint density at radius 1 is 1.17 bits per heavy atom. The van der Waals surface area contributed by atoms with E-state index in [1.165, 1.54) is 22.3 Å². The summed E-state index contributed by atoms with van der Waals surface area (Å²) in [6.45, 7) is 13.3. The second-order valence-corrected chi connectivity index (χ2v) is 7.36. The van der Waals surface area contributed by atoms with Gasteiger partial charge in [-0.05, 0) is 48.4 Å². The maximum absolute atomic E-state index is 5.79. The molecule has 0 heterocycles. The van der Waals surface area contributed by atoms with E-state index < -0.39 is 0 Å². The van der Waals surface area contributed by atoms with Gasteiger partial charge < -0.3 is 5.73 Å². The van der Waals surface area contributed by atoms with E-state index in [9.17, 15) is 0 Å². The van der Waals surface area contributed by atoms with Crippen molar-refractivity contribution in [2.45, 2.75) is 58.8 Å². The van der Waals surface area contributed by atoms with Crippen molar-refractivity contribution in [3.8, 4) is 0 Å². The average Bonchev–Trinajstić information content (AvgIpc) is 2.20. The Morgan fingerprint density at radius 2 is 1.67 bits per heavy atom. The third kappa shape index (κ3) is 4.33. The lowest BCUT2D eigenvalue weighted by atomic mass is 9.84. The van der Waals surface area contributed by atoms with Crippen LogP contribution < -0.4 is 5.73 Å². The Balaban J connectivity index is 2.88. The second-order valence-electron chi connectivity index (χ2n) is 6.33. The fraction of sp³-hybridized carbons (Fsp3) is 0.625. The van der Waals surface area contributed by atoms with Gasteiger partial charge in [-0.3, -0.25) is 0 Å². The molecule has 2 heteroatoms. The first kappa shape index (κ1) is 15.6. The Hall–Kier alpha value is -0.470. The Kier molecular flexibility index (Phi) is 5.30. The van der Waals surface area contributed by atoms with Crippen molar-refractivity contribution < 1.29 is 0 Å². The monoisotopic (exact) mass is 265 g/mol. The SMILES string of the molecule is Cc1cc(C(C)(C)C)cc(C)c1CSCC(C)N. The summed E-state index contributed by atoms with van der Waals surface area (Å²) in [5, 5.41) is 0. The molecule has 1 rings (SSSR count). The molecule has 0 aliphatic carbocycles. The molecule has 0 saturated heterocycles. The second kappa shape index (κ2) is 6.12. The van der Waals surface area contributed by atoms with Crippen LogP contribution in [0.3, 0.4) is 0 Å². The van der Waals surface area contributed by atoms with Crippen molar-refractivity contribution >= 4 is 11.8 Å². The van der Waals surface area contributed by atoms with Gasteiger partial charge in [0.1, 0.15) is 0 Å². The highest BCUT2D eigenvalue weighted by Crippen LogP contribution is 2.28. The van der Waals surface area contributed by atoms with Crippen LogP contribution in [0.15, 0.2) is 12.1 Å². The van der Waals surface area contributed by atoms with Crippen molar-refractivity contribution in [3.63, 3.8) is 0 Å². The summed E-state index contributed by atoms with van der Waals surface area (Å²) in [7, 11) is 0. The van der Waals surface area contributed by atoms with Crippen LogP contribution in [0.2, 0.25) is 0 Å². The standard InChI is InChI=1S/C16H27NS/c1-11-7-14(16(4,5)6)8-12(2)15(11)10-18-9-13(3)17/h7-8,13H,9-10,17H2,1-6H3. The molecule has 0 amide bonds. The number of hydrogen-bond donors (Lipinski definition) is 1. The van der Waals surface area contributed by atoms with E-state index in [1.807, 2.05) is 11.8 Å². The minimum absolute atomic E-state index is 0.229. The molecule has 0 aromatic heterocycles. The highest BCUT2D eigenvalue weighted by molar-refractivity contribution is 7.98. The smallest absolute Gasteiger partial charge is 0.0190 e. The van der Waals surface area contributed by atoms with Crippen LogP contribution in [0, 0.1) is 13.8 Å². The molecule has 18 heavy (non-hydrogen) atoms. The maximum Gasteiger partial charge on any atom is 0.0190 e. The fourth-order valence-corrected chi connectivity index (χ4v) is 3.15. The molecule has 0 aliphatic rings. The van der Waals surface area contributed by atoms with E-state index >= 15 is 0 Å². The van der Waals surface area contributed by atoms with Crippen LogP contribution in [-0.4, -0.2) is 11.8 Å². The van der Waals surface area contributed by atoms with E-state index in [1.54, 1.807) is 0 Å². The van der Waals surface area contributed by atoms with Crippen LogP contribution in [-0.2, 0) is 11.2 Å². The first-order valence-corrected chi connectivity index (χ1v) is 7.81. The quantitative estimate of drug-likeness (QED) is 0.883. The van der Waals surface area contributed by atoms with E-state index in [0.717, 1.165) is 11.5 Å². The molecule has 0 aliphatic heterocycles. The molecule has 0 spiro atoms. The Labute approximate surface area is 117 Å². The molecule has 1 nitrogen and oxygen atoms in total. The molecular weight excluding hydrogens is 238 g/mol. The molecule has 1 aromatic rings. The molecule has 1 atom stereocenters. The Bertz CT molecular complexity index is 379. The van der Waals surface area contributed by atoms with Crippen molar-refractivity contribution in [3.05, 3.63) is 34.4 Å². The summed E-state index contributed by atoms with van der Waals surface area (Å²) in [5.74, 6) is 2.10. The summed E-state index contributed by atoms with van der Waals surface area (Å²) in [6.07, 6.45) is 0. The van der Waals surface area contributed by atoms with Crippen LogP contribution in [0.4, 0.5) is 0 Å². The maximum atomic E-state index is 5.79. The lowest BCUT2D eigenvalue weighted by molar-refractivity contribution is 0.589. The zero-order chi connectivity index (χ0) is 13.9. The number of nitrogens with two attached hydrogens (primary N) is 1. The van der Waals surface area contributed by atoms with Gasteiger partial charge in [0.05, 0.1) is 0 Å². The number of benzene rings is 1. The van der Waals surface area contributed by atoms with Gasteiger partial charge in [0.15, 0.2) is 0 Å². The largest absolute Gasteiger partial charge is 0.327 e. The van der Waals surface area contributed by atoms with Crippen LogP contribution in [0.5, 0.6) is 0 Å². The predicted molar refractivity (Wildman–Crippen MR) is 84.4 cm³/mol. The topological polar surface area (TPSA) is 26.0 Å². The summed E-state index contributed by atoms with van der Waals surface area (Å²) in [5.41, 5.74) is 11.8. The number of aryl methyl sites for hydroxylation is 2. The highest BCUT2D eigenvalue weighted by Gasteiger charge is 2.16. The first-order valence-electron chi connectivity index (χ1n) is 6.65. The van der Waals surface area contributed by atoms with Gasteiger partial charge in [-0.1, -0.05) is 32.9 Å². The summed E-state index contributed by atoms with van der Waals surface area (Å²) in [4.78, 5) is 0. The molecule has 0 radical (unpaired) electrons. The first-order chi connectivity index (χ1) is 8.21. The average molecular weight is 265 g/mol. The lowest BCUT2D eigenvalue weighted by Gasteiger charge is -2.22. The molecule has 2 N–H and O–H groups in total. The van der Waals surface area contributed by atoms with Crippen molar-refractivity contribution in [2.24, 2.45) is 5.73 Å². The van der Waals surface area contributed by atoms with E-state index in [2.05, 4.69) is 53.7 Å². The molecule has 1 unspecified atom stereocenters. The summed E-state index contributed by atoms with van der Waals surface area (Å²) in [6, 6.07) is 4.97. The van der Waals surface area contributed by atoms with E-state index in [4.69, 9.17) is 5.73 Å². The zero-order valence-electron chi connectivity index (χ0n) is 12.6. The van der Waals surface area contributed by atoms with E-state index in [-0.39, 0.29) is 11.5 Å². The zero-order valence-corrected chi connectivity index (χ0v) is 13.4. The van der Waals surface area contributed by atoms with Gasteiger partial charge in [-0.15, -0.1) is 0 Å². The Morgan fingerprint density at radius 3 is 2.06 bits per heavy atom. The third-order valence-electron chi connectivity index (χ3n) is 3.19. The number of hydrogen-bond acceptors (Lipinski definition) is 2. The molecular formula is C16H27NS. The van der Waals surface area contributed by atoms with Gasteiger partial charge >= 0.3 is 0 Å². The van der Waals surface area contributed by atoms with Gasteiger partial charge in [0.25, 0.3) is 0 Å². The number of thioether (sulfide) groups is 1. The molecule has 1 aromatic carbocycles. The predicted octanol–water partition coefficient (Wildman–Crippen LogP) is 4.18. The summed E-state index contributed by atoms with van der Waals surface area (Å²) < 4.78 is 0. The fourth-order valence-electron chi connectivity index (χ4n) is 2.00. The van der Waals surface area contributed by atoms with Crippen LogP contribution in [0.25, 0.3) is 0 Å². The van der Waals surface area contributed by atoms with E-state index in [0.29, 0.717) is 0 Å². The third-order valence-corrected chi connectivity index (χ3v) is 4.44. The molecule has 0 bridgehead atoms.